The molecule has 2 rings (SSSR count). The molecule has 0 spiro atoms. The molecule has 156 valence electrons. The molecular formula is C23H30N2O4. The van der Waals surface area contributed by atoms with E-state index >= 15 is 0 Å². The lowest BCUT2D eigenvalue weighted by atomic mass is 10.1. The Bertz CT molecular complexity index is 833. The van der Waals surface area contributed by atoms with Crippen molar-refractivity contribution in [1.82, 2.24) is 10.2 Å². The van der Waals surface area contributed by atoms with Crippen molar-refractivity contribution < 1.29 is 19.1 Å². The van der Waals surface area contributed by atoms with Crippen LogP contribution in [0, 0.1) is 6.92 Å². The van der Waals surface area contributed by atoms with Gasteiger partial charge < -0.3 is 19.7 Å². The van der Waals surface area contributed by atoms with Gasteiger partial charge in [-0.15, -0.1) is 0 Å². The second kappa shape index (κ2) is 10.5. The Kier molecular flexibility index (Phi) is 8.07. The van der Waals surface area contributed by atoms with Gasteiger partial charge in [-0.3, -0.25) is 9.59 Å². The van der Waals surface area contributed by atoms with Gasteiger partial charge in [-0.25, -0.2) is 0 Å². The van der Waals surface area contributed by atoms with Crippen LogP contribution in [0.5, 0.6) is 11.5 Å². The fourth-order valence-electron chi connectivity index (χ4n) is 3.11. The van der Waals surface area contributed by atoms with Gasteiger partial charge in [0.15, 0.2) is 11.5 Å². The minimum atomic E-state index is -0.556. The summed E-state index contributed by atoms with van der Waals surface area (Å²) in [5, 5.41) is 2.63. The number of nitrogens with one attached hydrogen (secondary N) is 1. The maximum Gasteiger partial charge on any atom is 0.242 e. The SMILES string of the molecule is CNC(=O)[C@H](C)N(Cc1ccc(C)cc1)C(=O)CCc1ccc(OC)c(OC)c1. The normalized spacial score (nSPS) is 11.5. The first kappa shape index (κ1) is 22.3. The average Bonchev–Trinajstić information content (AvgIpc) is 2.75. The lowest BCUT2D eigenvalue weighted by molar-refractivity contribution is -0.140. The molecule has 1 N–H and O–H groups in total. The Balaban J connectivity index is 2.14. The predicted octanol–water partition coefficient (Wildman–Crippen LogP) is 3.11. The first-order valence-electron chi connectivity index (χ1n) is 9.67. The van der Waals surface area contributed by atoms with Crippen LogP contribution in [0.4, 0.5) is 0 Å². The predicted molar refractivity (Wildman–Crippen MR) is 113 cm³/mol. The fourth-order valence-corrected chi connectivity index (χ4v) is 3.11. The molecule has 0 aliphatic heterocycles. The second-order valence-electron chi connectivity index (χ2n) is 6.99. The second-order valence-corrected chi connectivity index (χ2v) is 6.99. The van der Waals surface area contributed by atoms with Crippen LogP contribution >= 0.6 is 0 Å². The third kappa shape index (κ3) is 5.98. The summed E-state index contributed by atoms with van der Waals surface area (Å²) in [5.41, 5.74) is 3.11. The van der Waals surface area contributed by atoms with Gasteiger partial charge >= 0.3 is 0 Å². The quantitative estimate of drug-likeness (QED) is 0.705. The van der Waals surface area contributed by atoms with Crippen LogP contribution in [0.15, 0.2) is 42.5 Å². The number of carbonyl (C=O) groups excluding carboxylic acids is 2. The van der Waals surface area contributed by atoms with Crippen molar-refractivity contribution in [3.63, 3.8) is 0 Å². The number of aryl methyl sites for hydroxylation is 2. The Labute approximate surface area is 172 Å². The van der Waals surface area contributed by atoms with Crippen LogP contribution in [0.3, 0.4) is 0 Å². The van der Waals surface area contributed by atoms with E-state index in [1.807, 2.05) is 49.4 Å². The zero-order valence-corrected chi connectivity index (χ0v) is 17.8. The van der Waals surface area contributed by atoms with Crippen molar-refractivity contribution in [1.29, 1.82) is 0 Å². The highest BCUT2D eigenvalue weighted by molar-refractivity contribution is 5.87. The van der Waals surface area contributed by atoms with Gasteiger partial charge in [0.2, 0.25) is 11.8 Å². The molecule has 0 bridgehead atoms. The Morgan fingerprint density at radius 3 is 2.21 bits per heavy atom. The minimum Gasteiger partial charge on any atom is -0.493 e. The monoisotopic (exact) mass is 398 g/mol. The topological polar surface area (TPSA) is 67.9 Å². The Morgan fingerprint density at radius 2 is 1.62 bits per heavy atom. The van der Waals surface area contributed by atoms with Gasteiger partial charge in [0.1, 0.15) is 6.04 Å². The number of methoxy groups -OCH3 is 2. The van der Waals surface area contributed by atoms with E-state index in [-0.39, 0.29) is 11.8 Å². The lowest BCUT2D eigenvalue weighted by Gasteiger charge is -2.28. The van der Waals surface area contributed by atoms with E-state index in [1.54, 1.807) is 33.1 Å². The summed E-state index contributed by atoms with van der Waals surface area (Å²) < 4.78 is 10.6. The van der Waals surface area contributed by atoms with E-state index in [0.717, 1.165) is 16.7 Å². The molecule has 0 aromatic heterocycles. The molecule has 1 atom stereocenters. The van der Waals surface area contributed by atoms with Crippen molar-refractivity contribution in [2.45, 2.75) is 39.3 Å². The Hall–Kier alpha value is -3.02. The standard InChI is InChI=1S/C23H30N2O4/c1-16-6-8-19(9-7-16)15-25(17(2)23(27)24-3)22(26)13-11-18-10-12-20(28-4)21(14-18)29-5/h6-10,12,14,17H,11,13,15H2,1-5H3,(H,24,27)/t17-/m0/s1. The van der Waals surface area contributed by atoms with Gasteiger partial charge in [-0.05, 0) is 43.5 Å². The third-order valence-electron chi connectivity index (χ3n) is 4.96. The third-order valence-corrected chi connectivity index (χ3v) is 4.96. The smallest absolute Gasteiger partial charge is 0.242 e. The van der Waals surface area contributed by atoms with Crippen molar-refractivity contribution >= 4 is 11.8 Å². The maximum absolute atomic E-state index is 13.0. The first-order chi connectivity index (χ1) is 13.9. The van der Waals surface area contributed by atoms with Crippen LogP contribution in [0.2, 0.25) is 0 Å². The summed E-state index contributed by atoms with van der Waals surface area (Å²) in [7, 11) is 4.75. The van der Waals surface area contributed by atoms with Crippen molar-refractivity contribution in [3.05, 3.63) is 59.2 Å². The molecule has 0 radical (unpaired) electrons. The lowest BCUT2D eigenvalue weighted by Crippen LogP contribution is -2.46. The highest BCUT2D eigenvalue weighted by Crippen LogP contribution is 2.28. The summed E-state index contributed by atoms with van der Waals surface area (Å²) >= 11 is 0. The zero-order valence-electron chi connectivity index (χ0n) is 17.8. The van der Waals surface area contributed by atoms with E-state index in [1.165, 1.54) is 0 Å². The number of ether oxygens (including phenoxy) is 2. The highest BCUT2D eigenvalue weighted by atomic mass is 16.5. The van der Waals surface area contributed by atoms with Crippen LogP contribution in [0.1, 0.15) is 30.0 Å². The van der Waals surface area contributed by atoms with Crippen LogP contribution in [0.25, 0.3) is 0 Å². The van der Waals surface area contributed by atoms with Gasteiger partial charge in [-0.1, -0.05) is 35.9 Å². The summed E-state index contributed by atoms with van der Waals surface area (Å²) in [6.07, 6.45) is 0.840. The number of hydrogen-bond acceptors (Lipinski definition) is 4. The summed E-state index contributed by atoms with van der Waals surface area (Å²) in [5.74, 6) is 1.03. The number of hydrogen-bond donors (Lipinski definition) is 1. The molecule has 2 aromatic rings. The van der Waals surface area contributed by atoms with Gasteiger partial charge in [-0.2, -0.15) is 0 Å². The molecule has 0 unspecified atom stereocenters. The van der Waals surface area contributed by atoms with Gasteiger partial charge in [0, 0.05) is 20.0 Å². The van der Waals surface area contributed by atoms with Crippen molar-refractivity contribution in [3.8, 4) is 11.5 Å². The molecule has 6 heteroatoms. The number of nitrogens with zero attached hydrogens (tertiary/aromatic N) is 1. The minimum absolute atomic E-state index is 0.0727. The molecule has 6 nitrogen and oxygen atoms in total. The summed E-state index contributed by atoms with van der Waals surface area (Å²) in [6, 6.07) is 13.0. The summed E-state index contributed by atoms with van der Waals surface area (Å²) in [4.78, 5) is 26.8. The molecule has 0 aliphatic carbocycles. The number of likely N-dealkylation sites (N-methyl/N-ethyl adjacent to an activating group) is 1. The average molecular weight is 399 g/mol. The largest absolute Gasteiger partial charge is 0.493 e. The molecule has 0 fully saturated rings. The van der Waals surface area contributed by atoms with E-state index in [9.17, 15) is 9.59 Å². The van der Waals surface area contributed by atoms with E-state index in [2.05, 4.69) is 5.32 Å². The van der Waals surface area contributed by atoms with Crippen LogP contribution < -0.4 is 14.8 Å². The van der Waals surface area contributed by atoms with Gasteiger partial charge in [0.25, 0.3) is 0 Å². The molecule has 0 saturated heterocycles. The molecule has 2 aromatic carbocycles. The number of benzene rings is 2. The molecule has 2 amide bonds. The molecular weight excluding hydrogens is 368 g/mol. The van der Waals surface area contributed by atoms with E-state index < -0.39 is 6.04 Å². The van der Waals surface area contributed by atoms with E-state index in [4.69, 9.17) is 9.47 Å². The Morgan fingerprint density at radius 1 is 1.00 bits per heavy atom. The van der Waals surface area contributed by atoms with Crippen LogP contribution in [-0.4, -0.2) is 44.0 Å². The van der Waals surface area contributed by atoms with Crippen LogP contribution in [-0.2, 0) is 22.6 Å². The van der Waals surface area contributed by atoms with Gasteiger partial charge in [0.05, 0.1) is 14.2 Å². The fraction of sp³-hybridized carbons (Fsp3) is 0.391. The molecule has 29 heavy (non-hydrogen) atoms. The maximum atomic E-state index is 13.0. The first-order valence-corrected chi connectivity index (χ1v) is 9.67. The van der Waals surface area contributed by atoms with Crippen molar-refractivity contribution in [2.75, 3.05) is 21.3 Å². The number of carbonyl (C=O) groups is 2. The molecule has 0 aliphatic rings. The van der Waals surface area contributed by atoms with Crippen molar-refractivity contribution in [2.24, 2.45) is 0 Å². The number of rotatable bonds is 9. The zero-order chi connectivity index (χ0) is 21.4. The number of amides is 2. The molecule has 0 saturated carbocycles. The summed E-state index contributed by atoms with van der Waals surface area (Å²) in [6.45, 7) is 4.16. The van der Waals surface area contributed by atoms with E-state index in [0.29, 0.717) is 30.9 Å². The molecule has 0 heterocycles. The highest BCUT2D eigenvalue weighted by Gasteiger charge is 2.25.